The van der Waals surface area contributed by atoms with Crippen LogP contribution in [0.4, 0.5) is 0 Å². The molecule has 4 nitrogen and oxygen atoms in total. The number of methoxy groups -OCH3 is 1. The Balaban J connectivity index is 2.60. The third-order valence-electron chi connectivity index (χ3n) is 2.43. The molecule has 0 amide bonds. The first-order chi connectivity index (χ1) is 8.04. The van der Waals surface area contributed by atoms with Crippen LogP contribution in [-0.2, 0) is 17.3 Å². The van der Waals surface area contributed by atoms with E-state index in [1.165, 1.54) is 7.11 Å². The van der Waals surface area contributed by atoms with Crippen LogP contribution in [0.25, 0.3) is 0 Å². The Kier molecular flexibility index (Phi) is 5.44. The van der Waals surface area contributed by atoms with Crippen LogP contribution in [0.15, 0.2) is 18.2 Å². The standard InChI is InChI=1S/C12H19NO3S/c1-9(8-17(3)15)13-7-10-5-4-6-11(16-2)12(10)14/h4-6,9,13-14H,7-8H2,1-3H3. The highest BCUT2D eigenvalue weighted by atomic mass is 32.2. The number of benzene rings is 1. The minimum absolute atomic E-state index is 0.145. The van der Waals surface area contributed by atoms with E-state index in [-0.39, 0.29) is 11.8 Å². The Morgan fingerprint density at radius 1 is 1.53 bits per heavy atom. The lowest BCUT2D eigenvalue weighted by atomic mass is 10.2. The molecule has 2 N–H and O–H groups in total. The lowest BCUT2D eigenvalue weighted by Crippen LogP contribution is -2.30. The minimum atomic E-state index is -0.815. The number of hydrogen-bond donors (Lipinski definition) is 2. The number of para-hydroxylation sites is 1. The molecule has 0 spiro atoms. The predicted molar refractivity (Wildman–Crippen MR) is 69.9 cm³/mol. The van der Waals surface area contributed by atoms with Crippen molar-refractivity contribution in [3.63, 3.8) is 0 Å². The van der Waals surface area contributed by atoms with Gasteiger partial charge in [-0.15, -0.1) is 0 Å². The smallest absolute Gasteiger partial charge is 0.162 e. The minimum Gasteiger partial charge on any atom is -0.504 e. The van der Waals surface area contributed by atoms with Gasteiger partial charge in [-0.05, 0) is 13.0 Å². The second-order valence-electron chi connectivity index (χ2n) is 3.99. The highest BCUT2D eigenvalue weighted by molar-refractivity contribution is 7.84. The first-order valence-corrected chi connectivity index (χ1v) is 7.15. The van der Waals surface area contributed by atoms with Crippen LogP contribution in [0.1, 0.15) is 12.5 Å². The van der Waals surface area contributed by atoms with Crippen molar-refractivity contribution < 1.29 is 14.1 Å². The largest absolute Gasteiger partial charge is 0.504 e. The van der Waals surface area contributed by atoms with Gasteiger partial charge in [0.1, 0.15) is 0 Å². The summed E-state index contributed by atoms with van der Waals surface area (Å²) in [4.78, 5) is 0. The number of ether oxygens (including phenoxy) is 1. The zero-order chi connectivity index (χ0) is 12.8. The molecule has 0 fully saturated rings. The molecule has 5 heteroatoms. The SMILES string of the molecule is COc1cccc(CNC(C)CS(C)=O)c1O. The predicted octanol–water partition coefficient (Wildman–Crippen LogP) is 1.26. The summed E-state index contributed by atoms with van der Waals surface area (Å²) in [5.74, 6) is 1.23. The lowest BCUT2D eigenvalue weighted by molar-refractivity contribution is 0.369. The van der Waals surface area contributed by atoms with Crippen LogP contribution in [-0.4, -0.2) is 34.5 Å². The maximum atomic E-state index is 11.0. The summed E-state index contributed by atoms with van der Waals surface area (Å²) in [6.07, 6.45) is 1.68. The van der Waals surface area contributed by atoms with Crippen LogP contribution in [0.2, 0.25) is 0 Å². The Morgan fingerprint density at radius 3 is 2.82 bits per heavy atom. The van der Waals surface area contributed by atoms with Gasteiger partial charge in [-0.3, -0.25) is 4.21 Å². The van der Waals surface area contributed by atoms with Crippen LogP contribution >= 0.6 is 0 Å². The van der Waals surface area contributed by atoms with E-state index in [9.17, 15) is 9.32 Å². The van der Waals surface area contributed by atoms with Gasteiger partial charge in [-0.1, -0.05) is 12.1 Å². The zero-order valence-corrected chi connectivity index (χ0v) is 11.2. The Morgan fingerprint density at radius 2 is 2.24 bits per heavy atom. The van der Waals surface area contributed by atoms with E-state index >= 15 is 0 Å². The molecule has 0 radical (unpaired) electrons. The summed E-state index contributed by atoms with van der Waals surface area (Å²) in [6.45, 7) is 2.50. The second kappa shape index (κ2) is 6.61. The number of aromatic hydroxyl groups is 1. The fourth-order valence-corrected chi connectivity index (χ4v) is 2.39. The van der Waals surface area contributed by atoms with Crippen molar-refractivity contribution in [2.24, 2.45) is 0 Å². The summed E-state index contributed by atoms with van der Waals surface area (Å²) in [5, 5.41) is 13.1. The van der Waals surface area contributed by atoms with Gasteiger partial charge < -0.3 is 15.2 Å². The van der Waals surface area contributed by atoms with Crippen LogP contribution in [0.5, 0.6) is 11.5 Å². The van der Waals surface area contributed by atoms with Crippen molar-refractivity contribution in [3.8, 4) is 11.5 Å². The van der Waals surface area contributed by atoms with Gasteiger partial charge in [0.05, 0.1) is 7.11 Å². The van der Waals surface area contributed by atoms with E-state index in [4.69, 9.17) is 4.74 Å². The molecule has 0 aliphatic rings. The van der Waals surface area contributed by atoms with Gasteiger partial charge in [0.25, 0.3) is 0 Å². The zero-order valence-electron chi connectivity index (χ0n) is 10.4. The molecular weight excluding hydrogens is 238 g/mol. The highest BCUT2D eigenvalue weighted by Crippen LogP contribution is 2.29. The van der Waals surface area contributed by atoms with Crippen LogP contribution in [0, 0.1) is 0 Å². The highest BCUT2D eigenvalue weighted by Gasteiger charge is 2.09. The van der Waals surface area contributed by atoms with Crippen molar-refractivity contribution in [2.45, 2.75) is 19.5 Å². The van der Waals surface area contributed by atoms with Gasteiger partial charge >= 0.3 is 0 Å². The van der Waals surface area contributed by atoms with Crippen LogP contribution in [0.3, 0.4) is 0 Å². The summed E-state index contributed by atoms with van der Waals surface area (Å²) in [5.41, 5.74) is 0.776. The molecule has 1 aromatic carbocycles. The first-order valence-electron chi connectivity index (χ1n) is 5.42. The maximum Gasteiger partial charge on any atom is 0.162 e. The van der Waals surface area contributed by atoms with Gasteiger partial charge in [-0.25, -0.2) is 0 Å². The Labute approximate surface area is 104 Å². The molecule has 17 heavy (non-hydrogen) atoms. The molecule has 0 aliphatic carbocycles. The fourth-order valence-electron chi connectivity index (χ4n) is 1.57. The molecule has 0 aliphatic heterocycles. The molecule has 2 unspecified atom stereocenters. The molecule has 0 heterocycles. The quantitative estimate of drug-likeness (QED) is 0.805. The van der Waals surface area contributed by atoms with E-state index in [1.807, 2.05) is 19.1 Å². The normalized spacial score (nSPS) is 14.3. The van der Waals surface area contributed by atoms with Gasteiger partial charge in [0.15, 0.2) is 11.5 Å². The number of hydrogen-bond acceptors (Lipinski definition) is 4. The molecular formula is C12H19NO3S. The van der Waals surface area contributed by atoms with E-state index in [1.54, 1.807) is 12.3 Å². The van der Waals surface area contributed by atoms with E-state index in [0.717, 1.165) is 5.56 Å². The van der Waals surface area contributed by atoms with Crippen molar-refractivity contribution in [1.29, 1.82) is 0 Å². The summed E-state index contributed by atoms with van der Waals surface area (Å²) in [6, 6.07) is 5.52. The third kappa shape index (κ3) is 4.36. The van der Waals surface area contributed by atoms with E-state index in [0.29, 0.717) is 18.0 Å². The molecule has 0 aromatic heterocycles. The van der Waals surface area contributed by atoms with Gasteiger partial charge in [-0.2, -0.15) is 0 Å². The van der Waals surface area contributed by atoms with Crippen molar-refractivity contribution >= 4 is 10.8 Å². The molecule has 1 aromatic rings. The van der Waals surface area contributed by atoms with E-state index in [2.05, 4.69) is 5.32 Å². The lowest BCUT2D eigenvalue weighted by Gasteiger charge is -2.14. The molecule has 0 saturated heterocycles. The molecule has 1 rings (SSSR count). The molecule has 96 valence electrons. The first kappa shape index (κ1) is 14.0. The van der Waals surface area contributed by atoms with E-state index < -0.39 is 10.8 Å². The fraction of sp³-hybridized carbons (Fsp3) is 0.500. The number of phenolic OH excluding ortho intramolecular Hbond substituents is 1. The molecule has 0 bridgehead atoms. The monoisotopic (exact) mass is 257 g/mol. The molecule has 0 saturated carbocycles. The number of nitrogens with one attached hydrogen (secondary N) is 1. The maximum absolute atomic E-state index is 11.0. The average molecular weight is 257 g/mol. The number of phenols is 1. The van der Waals surface area contributed by atoms with Crippen LogP contribution < -0.4 is 10.1 Å². The van der Waals surface area contributed by atoms with Crippen molar-refractivity contribution in [2.75, 3.05) is 19.1 Å². The van der Waals surface area contributed by atoms with Gasteiger partial charge in [0, 0.05) is 41.0 Å². The summed E-state index contributed by atoms with van der Waals surface area (Å²) >= 11 is 0. The topological polar surface area (TPSA) is 58.6 Å². The van der Waals surface area contributed by atoms with Crippen molar-refractivity contribution in [3.05, 3.63) is 23.8 Å². The molecule has 2 atom stereocenters. The second-order valence-corrected chi connectivity index (χ2v) is 5.47. The Hall–Kier alpha value is -1.07. The van der Waals surface area contributed by atoms with Gasteiger partial charge in [0.2, 0.25) is 0 Å². The summed E-state index contributed by atoms with van der Waals surface area (Å²) in [7, 11) is 0.708. The van der Waals surface area contributed by atoms with Crippen molar-refractivity contribution in [1.82, 2.24) is 5.32 Å². The Bertz CT molecular complexity index is 395. The number of rotatable bonds is 6. The third-order valence-corrected chi connectivity index (χ3v) is 3.40. The summed E-state index contributed by atoms with van der Waals surface area (Å²) < 4.78 is 16.1. The average Bonchev–Trinajstić information content (AvgIpc) is 2.27.